The third-order valence-electron chi connectivity index (χ3n) is 5.74. The number of imide groups is 1. The van der Waals surface area contributed by atoms with E-state index in [1.807, 2.05) is 12.2 Å². The maximum Gasteiger partial charge on any atom is 0.280 e. The van der Waals surface area contributed by atoms with Gasteiger partial charge in [0.2, 0.25) is 0 Å². The average molecular weight is 377 g/mol. The molecule has 2 heterocycles. The van der Waals surface area contributed by atoms with E-state index >= 15 is 0 Å². The molecular weight excluding hydrogens is 362 g/mol. The molecule has 28 heavy (non-hydrogen) atoms. The molecule has 3 aliphatic rings. The monoisotopic (exact) mass is 377 g/mol. The molecule has 1 saturated heterocycles. The Hall–Kier alpha value is -3.55. The highest BCUT2D eigenvalue weighted by molar-refractivity contribution is 6.06. The lowest BCUT2D eigenvalue weighted by molar-refractivity contribution is -0.384. The van der Waals surface area contributed by atoms with E-state index in [-0.39, 0.29) is 41.2 Å². The van der Waals surface area contributed by atoms with E-state index < -0.39 is 4.92 Å². The third-order valence-corrected chi connectivity index (χ3v) is 5.74. The van der Waals surface area contributed by atoms with Gasteiger partial charge in [-0.25, -0.2) is 0 Å². The first-order valence-electron chi connectivity index (χ1n) is 8.98. The molecule has 2 fully saturated rings. The van der Waals surface area contributed by atoms with Crippen molar-refractivity contribution in [3.8, 4) is 11.3 Å². The van der Waals surface area contributed by atoms with Gasteiger partial charge in [0.25, 0.3) is 17.5 Å². The SMILES string of the molecule is O=C1[C@@H]2[C@H](C(=O)N1/N=C\c1ccc(-c3ccccc3[N+](=O)[O-])o1)[C@@H]1C=C[C@H]2C1. The molecule has 140 valence electrons. The van der Waals surface area contributed by atoms with Crippen molar-refractivity contribution in [2.45, 2.75) is 6.42 Å². The van der Waals surface area contributed by atoms with E-state index in [2.05, 4.69) is 5.10 Å². The number of amides is 2. The average Bonchev–Trinajstić information content (AvgIpc) is 3.46. The fourth-order valence-corrected chi connectivity index (χ4v) is 4.52. The zero-order valence-electron chi connectivity index (χ0n) is 14.6. The summed E-state index contributed by atoms with van der Waals surface area (Å²) in [6, 6.07) is 9.43. The Morgan fingerprint density at radius 2 is 1.75 bits per heavy atom. The van der Waals surface area contributed by atoms with Gasteiger partial charge in [0.05, 0.1) is 28.5 Å². The fraction of sp³-hybridized carbons (Fsp3) is 0.250. The number of para-hydroxylation sites is 1. The summed E-state index contributed by atoms with van der Waals surface area (Å²) in [5.41, 5.74) is 0.277. The van der Waals surface area contributed by atoms with Crippen LogP contribution in [0.25, 0.3) is 11.3 Å². The molecule has 0 unspecified atom stereocenters. The third kappa shape index (κ3) is 2.34. The Balaban J connectivity index is 1.39. The highest BCUT2D eigenvalue weighted by Gasteiger charge is 2.59. The number of allylic oxidation sites excluding steroid dienone is 2. The lowest BCUT2D eigenvalue weighted by atomic mass is 9.85. The van der Waals surface area contributed by atoms with Crippen LogP contribution >= 0.6 is 0 Å². The maximum absolute atomic E-state index is 12.6. The first kappa shape index (κ1) is 16.6. The molecule has 0 N–H and O–H groups in total. The summed E-state index contributed by atoms with van der Waals surface area (Å²) in [5.74, 6) is -0.292. The molecular formula is C20H15N3O5. The second kappa shape index (κ2) is 5.98. The van der Waals surface area contributed by atoms with Crippen LogP contribution in [0.4, 0.5) is 5.69 Å². The van der Waals surface area contributed by atoms with Crippen molar-refractivity contribution in [2.75, 3.05) is 0 Å². The number of furan rings is 1. The first-order chi connectivity index (χ1) is 13.5. The lowest BCUT2D eigenvalue weighted by Crippen LogP contribution is -2.28. The van der Waals surface area contributed by atoms with Crippen LogP contribution in [-0.2, 0) is 9.59 Å². The number of carbonyl (C=O) groups excluding carboxylic acids is 2. The van der Waals surface area contributed by atoms with Gasteiger partial charge in [0.15, 0.2) is 0 Å². The number of fused-ring (bicyclic) bond motifs is 5. The minimum Gasteiger partial charge on any atom is -0.455 e. The van der Waals surface area contributed by atoms with Gasteiger partial charge in [0, 0.05) is 6.07 Å². The van der Waals surface area contributed by atoms with Crippen molar-refractivity contribution in [3.05, 3.63) is 64.4 Å². The van der Waals surface area contributed by atoms with Crippen LogP contribution in [0.15, 0.2) is 58.1 Å². The summed E-state index contributed by atoms with van der Waals surface area (Å²) < 4.78 is 5.62. The van der Waals surface area contributed by atoms with Crippen LogP contribution in [-0.4, -0.2) is 28.0 Å². The summed E-state index contributed by atoms with van der Waals surface area (Å²) in [5, 5.41) is 16.2. The molecule has 4 atom stereocenters. The minimum absolute atomic E-state index is 0.0685. The minimum atomic E-state index is -0.478. The molecule has 2 bridgehead atoms. The quantitative estimate of drug-likeness (QED) is 0.268. The summed E-state index contributed by atoms with van der Waals surface area (Å²) in [6.45, 7) is 0. The Kier molecular flexibility index (Phi) is 3.55. The second-order valence-electron chi connectivity index (χ2n) is 7.21. The normalized spacial score (nSPS) is 27.9. The van der Waals surface area contributed by atoms with Gasteiger partial charge < -0.3 is 4.42 Å². The van der Waals surface area contributed by atoms with Crippen molar-refractivity contribution in [1.82, 2.24) is 5.01 Å². The molecule has 5 rings (SSSR count). The van der Waals surface area contributed by atoms with Crippen molar-refractivity contribution < 1.29 is 18.9 Å². The molecule has 1 aliphatic heterocycles. The number of benzene rings is 1. The number of hydrogen-bond donors (Lipinski definition) is 0. The number of nitrogens with zero attached hydrogens (tertiary/aromatic N) is 3. The smallest absolute Gasteiger partial charge is 0.280 e. The van der Waals surface area contributed by atoms with Gasteiger partial charge in [0.1, 0.15) is 11.5 Å². The molecule has 8 heteroatoms. The summed E-state index contributed by atoms with van der Waals surface area (Å²) in [7, 11) is 0. The fourth-order valence-electron chi connectivity index (χ4n) is 4.52. The largest absolute Gasteiger partial charge is 0.455 e. The maximum atomic E-state index is 12.6. The van der Waals surface area contributed by atoms with E-state index in [0.29, 0.717) is 17.1 Å². The second-order valence-corrected chi connectivity index (χ2v) is 7.21. The van der Waals surface area contributed by atoms with Crippen LogP contribution in [0.5, 0.6) is 0 Å². The molecule has 8 nitrogen and oxygen atoms in total. The van der Waals surface area contributed by atoms with E-state index in [1.54, 1.807) is 30.3 Å². The molecule has 2 aromatic rings. The highest BCUT2D eigenvalue weighted by Crippen LogP contribution is 2.52. The number of rotatable bonds is 4. The number of nitro benzene ring substituents is 1. The summed E-state index contributed by atoms with van der Waals surface area (Å²) in [4.78, 5) is 35.9. The zero-order chi connectivity index (χ0) is 19.4. The van der Waals surface area contributed by atoms with Gasteiger partial charge in [-0.3, -0.25) is 19.7 Å². The van der Waals surface area contributed by atoms with Crippen LogP contribution < -0.4 is 0 Å². The molecule has 1 saturated carbocycles. The Bertz CT molecular complexity index is 1040. The van der Waals surface area contributed by atoms with Crippen LogP contribution in [0.2, 0.25) is 0 Å². The summed E-state index contributed by atoms with van der Waals surface area (Å²) in [6.07, 6.45) is 6.21. The highest BCUT2D eigenvalue weighted by atomic mass is 16.6. The van der Waals surface area contributed by atoms with Gasteiger partial charge in [-0.1, -0.05) is 24.3 Å². The van der Waals surface area contributed by atoms with Gasteiger partial charge >= 0.3 is 0 Å². The van der Waals surface area contributed by atoms with Crippen LogP contribution in [0.3, 0.4) is 0 Å². The van der Waals surface area contributed by atoms with Crippen molar-refractivity contribution in [1.29, 1.82) is 0 Å². The molecule has 2 amide bonds. The topological polar surface area (TPSA) is 106 Å². The van der Waals surface area contributed by atoms with E-state index in [1.165, 1.54) is 12.3 Å². The summed E-state index contributed by atoms with van der Waals surface area (Å²) >= 11 is 0. The van der Waals surface area contributed by atoms with Gasteiger partial charge in [-0.15, -0.1) is 0 Å². The predicted octanol–water partition coefficient (Wildman–Crippen LogP) is 3.00. The predicted molar refractivity (Wildman–Crippen MR) is 98.0 cm³/mol. The van der Waals surface area contributed by atoms with Crippen molar-refractivity contribution >= 4 is 23.7 Å². The van der Waals surface area contributed by atoms with Crippen molar-refractivity contribution in [3.63, 3.8) is 0 Å². The standard InChI is InChI=1S/C20H15N3O5/c24-19-17-11-5-6-12(9-11)18(17)20(25)22(19)21-10-13-7-8-16(28-13)14-3-1-2-4-15(14)23(26)27/h1-8,10-12,17-18H,9H2/b21-10-/t11-,12+,17-,18+. The van der Waals surface area contributed by atoms with Crippen molar-refractivity contribution in [2.24, 2.45) is 28.8 Å². The molecule has 0 spiro atoms. The van der Waals surface area contributed by atoms with E-state index in [0.717, 1.165) is 11.4 Å². The zero-order valence-corrected chi connectivity index (χ0v) is 14.6. The Labute approximate surface area is 159 Å². The molecule has 1 aromatic carbocycles. The van der Waals surface area contributed by atoms with Gasteiger partial charge in [-0.05, 0) is 36.5 Å². The lowest BCUT2D eigenvalue weighted by Gasteiger charge is -2.13. The molecule has 0 radical (unpaired) electrons. The Morgan fingerprint density at radius 1 is 1.07 bits per heavy atom. The number of nitro groups is 1. The van der Waals surface area contributed by atoms with E-state index in [9.17, 15) is 19.7 Å². The number of hydrogen-bond acceptors (Lipinski definition) is 6. The van der Waals surface area contributed by atoms with E-state index in [4.69, 9.17) is 4.42 Å². The van der Waals surface area contributed by atoms with Crippen LogP contribution in [0.1, 0.15) is 12.2 Å². The molecule has 1 aromatic heterocycles. The van der Waals surface area contributed by atoms with Gasteiger partial charge in [-0.2, -0.15) is 10.1 Å². The molecule has 2 aliphatic carbocycles. The Morgan fingerprint density at radius 3 is 2.43 bits per heavy atom. The van der Waals surface area contributed by atoms with Crippen LogP contribution in [0, 0.1) is 33.8 Å². The first-order valence-corrected chi connectivity index (χ1v) is 8.98. The number of carbonyl (C=O) groups is 2. The number of hydrazone groups is 1.